The van der Waals surface area contributed by atoms with Gasteiger partial charge in [0.1, 0.15) is 0 Å². The molecular weight excluding hydrogens is 396 g/mol. The fourth-order valence-electron chi connectivity index (χ4n) is 3.40. The van der Waals surface area contributed by atoms with Crippen LogP contribution in [0.15, 0.2) is 42.7 Å². The van der Waals surface area contributed by atoms with E-state index < -0.39 is 0 Å². The average Bonchev–Trinajstić information content (AvgIpc) is 3.29. The Morgan fingerprint density at radius 2 is 1.87 bits per heavy atom. The summed E-state index contributed by atoms with van der Waals surface area (Å²) in [5.41, 5.74) is 3.63. The number of nitrogens with zero attached hydrogens (tertiary/aromatic N) is 5. The SMILES string of the molecule is Cc1cc(C)c2c(OCC(=O)Nc3ccc(C(=O)c4nccn4C)cc3)nn(C)c2n1. The van der Waals surface area contributed by atoms with E-state index in [1.807, 2.05) is 19.9 Å². The van der Waals surface area contributed by atoms with Crippen molar-refractivity contribution in [2.45, 2.75) is 13.8 Å². The van der Waals surface area contributed by atoms with Gasteiger partial charge in [0.25, 0.3) is 5.91 Å². The van der Waals surface area contributed by atoms with Gasteiger partial charge in [0.05, 0.1) is 5.39 Å². The molecule has 158 valence electrons. The Balaban J connectivity index is 1.41. The van der Waals surface area contributed by atoms with Crippen molar-refractivity contribution in [2.24, 2.45) is 14.1 Å². The number of imidazole rings is 1. The van der Waals surface area contributed by atoms with E-state index in [1.54, 1.807) is 60.0 Å². The van der Waals surface area contributed by atoms with Crippen molar-refractivity contribution < 1.29 is 14.3 Å². The van der Waals surface area contributed by atoms with Crippen LogP contribution in [0.4, 0.5) is 5.69 Å². The maximum absolute atomic E-state index is 12.5. The quantitative estimate of drug-likeness (QED) is 0.483. The molecule has 1 aromatic carbocycles. The molecule has 0 aliphatic heterocycles. The van der Waals surface area contributed by atoms with Gasteiger partial charge in [0.2, 0.25) is 11.7 Å². The number of anilines is 1. The van der Waals surface area contributed by atoms with Crippen LogP contribution in [-0.2, 0) is 18.9 Å². The smallest absolute Gasteiger partial charge is 0.262 e. The standard InChI is InChI=1S/C22H22N6O3/c1-13-11-14(2)24-20-18(13)22(26-28(20)4)31-12-17(29)25-16-7-5-15(6-8-16)19(30)21-23-9-10-27(21)3/h5-11H,12H2,1-4H3,(H,25,29). The number of pyridine rings is 1. The molecule has 4 rings (SSSR count). The summed E-state index contributed by atoms with van der Waals surface area (Å²) in [6, 6.07) is 8.58. The van der Waals surface area contributed by atoms with Crippen molar-refractivity contribution in [3.8, 4) is 5.88 Å². The zero-order chi connectivity index (χ0) is 22.1. The van der Waals surface area contributed by atoms with Crippen molar-refractivity contribution in [1.82, 2.24) is 24.3 Å². The number of aryl methyl sites for hydroxylation is 4. The predicted octanol–water partition coefficient (Wildman–Crippen LogP) is 2.57. The van der Waals surface area contributed by atoms with E-state index in [2.05, 4.69) is 20.4 Å². The number of hydrogen-bond donors (Lipinski definition) is 1. The van der Waals surface area contributed by atoms with Crippen molar-refractivity contribution in [3.05, 3.63) is 65.4 Å². The average molecular weight is 418 g/mol. The first kappa shape index (κ1) is 20.3. The van der Waals surface area contributed by atoms with E-state index in [-0.39, 0.29) is 18.3 Å². The van der Waals surface area contributed by atoms with Gasteiger partial charge in [-0.05, 0) is 49.7 Å². The first-order valence-electron chi connectivity index (χ1n) is 9.69. The number of nitrogens with one attached hydrogen (secondary N) is 1. The second kappa shape index (κ2) is 8.02. The summed E-state index contributed by atoms with van der Waals surface area (Å²) in [7, 11) is 3.55. The minimum Gasteiger partial charge on any atom is -0.466 e. The monoisotopic (exact) mass is 418 g/mol. The molecule has 9 nitrogen and oxygen atoms in total. The summed E-state index contributed by atoms with van der Waals surface area (Å²) < 4.78 is 8.97. The number of carbonyl (C=O) groups excluding carboxylic acids is 2. The maximum Gasteiger partial charge on any atom is 0.262 e. The van der Waals surface area contributed by atoms with Gasteiger partial charge in [-0.3, -0.25) is 9.59 Å². The highest BCUT2D eigenvalue weighted by Crippen LogP contribution is 2.27. The zero-order valence-corrected chi connectivity index (χ0v) is 17.7. The number of fused-ring (bicyclic) bond motifs is 1. The Hall–Kier alpha value is -4.01. The summed E-state index contributed by atoms with van der Waals surface area (Å²) in [5.74, 6) is 0.205. The molecule has 0 aliphatic rings. The Labute approximate surface area is 178 Å². The lowest BCUT2D eigenvalue weighted by Crippen LogP contribution is -2.20. The van der Waals surface area contributed by atoms with E-state index >= 15 is 0 Å². The molecule has 0 saturated carbocycles. The van der Waals surface area contributed by atoms with Gasteiger partial charge in [0, 0.05) is 43.4 Å². The summed E-state index contributed by atoms with van der Waals surface area (Å²) >= 11 is 0. The number of carbonyl (C=O) groups is 2. The fourth-order valence-corrected chi connectivity index (χ4v) is 3.40. The van der Waals surface area contributed by atoms with E-state index in [9.17, 15) is 9.59 Å². The molecule has 9 heteroatoms. The second-order valence-corrected chi connectivity index (χ2v) is 7.31. The lowest BCUT2D eigenvalue weighted by atomic mass is 10.1. The highest BCUT2D eigenvalue weighted by molar-refractivity contribution is 6.07. The normalized spacial score (nSPS) is 11.0. The van der Waals surface area contributed by atoms with Gasteiger partial charge in [0.15, 0.2) is 18.1 Å². The number of rotatable bonds is 6. The number of benzene rings is 1. The molecule has 3 aromatic heterocycles. The summed E-state index contributed by atoms with van der Waals surface area (Å²) in [6.07, 6.45) is 3.29. The number of ether oxygens (including phenoxy) is 1. The summed E-state index contributed by atoms with van der Waals surface area (Å²) in [5, 5.41) is 7.89. The molecule has 0 bridgehead atoms. The van der Waals surface area contributed by atoms with Gasteiger partial charge in [-0.15, -0.1) is 5.10 Å². The van der Waals surface area contributed by atoms with Crippen LogP contribution in [0.1, 0.15) is 27.4 Å². The topological polar surface area (TPSA) is 104 Å². The third-order valence-corrected chi connectivity index (χ3v) is 4.88. The number of aromatic nitrogens is 5. The van der Waals surface area contributed by atoms with Gasteiger partial charge in [-0.1, -0.05) is 0 Å². The lowest BCUT2D eigenvalue weighted by Gasteiger charge is -2.08. The van der Waals surface area contributed by atoms with E-state index in [4.69, 9.17) is 4.74 Å². The summed E-state index contributed by atoms with van der Waals surface area (Å²) in [6.45, 7) is 3.68. The van der Waals surface area contributed by atoms with Crippen molar-refractivity contribution in [3.63, 3.8) is 0 Å². The van der Waals surface area contributed by atoms with Crippen molar-refractivity contribution in [1.29, 1.82) is 0 Å². The molecule has 0 spiro atoms. The van der Waals surface area contributed by atoms with E-state index in [1.165, 1.54) is 0 Å². The predicted molar refractivity (Wildman–Crippen MR) is 115 cm³/mol. The minimum atomic E-state index is -0.334. The van der Waals surface area contributed by atoms with E-state index in [0.29, 0.717) is 28.6 Å². The molecule has 0 aliphatic carbocycles. The van der Waals surface area contributed by atoms with Crippen LogP contribution >= 0.6 is 0 Å². The maximum atomic E-state index is 12.5. The summed E-state index contributed by atoms with van der Waals surface area (Å²) in [4.78, 5) is 33.4. The molecule has 0 atom stereocenters. The van der Waals surface area contributed by atoms with Crippen LogP contribution < -0.4 is 10.1 Å². The van der Waals surface area contributed by atoms with Gasteiger partial charge in [-0.25, -0.2) is 14.6 Å². The van der Waals surface area contributed by atoms with Crippen LogP contribution in [0.3, 0.4) is 0 Å². The van der Waals surface area contributed by atoms with Crippen LogP contribution in [0.5, 0.6) is 5.88 Å². The number of hydrogen-bond acceptors (Lipinski definition) is 6. The molecule has 0 saturated heterocycles. The Morgan fingerprint density at radius 3 is 2.55 bits per heavy atom. The second-order valence-electron chi connectivity index (χ2n) is 7.31. The van der Waals surface area contributed by atoms with Crippen LogP contribution in [0, 0.1) is 13.8 Å². The molecular formula is C22H22N6O3. The third-order valence-electron chi connectivity index (χ3n) is 4.88. The van der Waals surface area contributed by atoms with Gasteiger partial charge < -0.3 is 14.6 Å². The van der Waals surface area contributed by atoms with Crippen molar-refractivity contribution >= 4 is 28.4 Å². The Bertz CT molecular complexity index is 1290. The zero-order valence-electron chi connectivity index (χ0n) is 17.7. The van der Waals surface area contributed by atoms with Crippen LogP contribution in [0.2, 0.25) is 0 Å². The van der Waals surface area contributed by atoms with Gasteiger partial charge in [-0.2, -0.15) is 0 Å². The largest absolute Gasteiger partial charge is 0.466 e. The molecule has 0 unspecified atom stereocenters. The number of amides is 1. The first-order valence-corrected chi connectivity index (χ1v) is 9.69. The molecule has 4 aromatic rings. The Kier molecular flexibility index (Phi) is 5.24. The molecule has 1 amide bonds. The first-order chi connectivity index (χ1) is 14.8. The molecule has 0 radical (unpaired) electrons. The van der Waals surface area contributed by atoms with Gasteiger partial charge >= 0.3 is 0 Å². The Morgan fingerprint density at radius 1 is 1.13 bits per heavy atom. The van der Waals surface area contributed by atoms with Crippen LogP contribution in [0.25, 0.3) is 11.0 Å². The van der Waals surface area contributed by atoms with Crippen molar-refractivity contribution in [2.75, 3.05) is 11.9 Å². The molecule has 31 heavy (non-hydrogen) atoms. The molecule has 1 N–H and O–H groups in total. The molecule has 3 heterocycles. The van der Waals surface area contributed by atoms with Crippen LogP contribution in [-0.4, -0.2) is 42.6 Å². The number of ketones is 1. The fraction of sp³-hybridized carbons (Fsp3) is 0.227. The highest BCUT2D eigenvalue weighted by Gasteiger charge is 2.16. The molecule has 0 fully saturated rings. The highest BCUT2D eigenvalue weighted by atomic mass is 16.5. The van der Waals surface area contributed by atoms with E-state index in [0.717, 1.165) is 16.6 Å². The minimum absolute atomic E-state index is 0.185. The third kappa shape index (κ3) is 4.02. The lowest BCUT2D eigenvalue weighted by molar-refractivity contribution is -0.118.